The zero-order valence-corrected chi connectivity index (χ0v) is 17.4. The standard InChI is InChI=1S/C16H20N6O7S/c1-5-29-16-20-13(17-2)18-14(21-16)19-15(24)22-30(25,26)11-8-9(27-3)6-7-10(11)12(23)28-4/h6-8H,5H2,1-4H3,(H3,17,18,19,20,21,22,24). The van der Waals surface area contributed by atoms with Crippen molar-refractivity contribution >= 4 is 33.9 Å². The van der Waals surface area contributed by atoms with Gasteiger partial charge in [-0.15, -0.1) is 0 Å². The fourth-order valence-electron chi connectivity index (χ4n) is 2.15. The normalized spacial score (nSPS) is 10.7. The summed E-state index contributed by atoms with van der Waals surface area (Å²) in [7, 11) is -0.541. The first-order valence-corrected chi connectivity index (χ1v) is 9.89. The molecule has 0 unspecified atom stereocenters. The number of sulfonamides is 1. The van der Waals surface area contributed by atoms with E-state index in [9.17, 15) is 18.0 Å². The van der Waals surface area contributed by atoms with Crippen LogP contribution < -0.4 is 24.8 Å². The predicted molar refractivity (Wildman–Crippen MR) is 104 cm³/mol. The number of carbonyl (C=O) groups excluding carboxylic acids is 2. The largest absolute Gasteiger partial charge is 0.497 e. The first-order chi connectivity index (χ1) is 14.2. The summed E-state index contributed by atoms with van der Waals surface area (Å²) in [4.78, 5) is 35.3. The maximum atomic E-state index is 12.7. The molecule has 0 aliphatic rings. The number of urea groups is 1. The zero-order chi connectivity index (χ0) is 22.3. The first-order valence-electron chi connectivity index (χ1n) is 8.40. The molecule has 0 fully saturated rings. The van der Waals surface area contributed by atoms with Crippen molar-refractivity contribution in [3.8, 4) is 11.8 Å². The predicted octanol–water partition coefficient (Wildman–Crippen LogP) is 0.618. The summed E-state index contributed by atoms with van der Waals surface area (Å²) in [5, 5.41) is 4.83. The maximum absolute atomic E-state index is 12.7. The Labute approximate surface area is 172 Å². The molecule has 2 amide bonds. The van der Waals surface area contributed by atoms with Gasteiger partial charge in [0.15, 0.2) is 0 Å². The van der Waals surface area contributed by atoms with Gasteiger partial charge in [0.1, 0.15) is 10.6 Å². The topological polar surface area (TPSA) is 171 Å². The van der Waals surface area contributed by atoms with Gasteiger partial charge in [0.25, 0.3) is 10.0 Å². The van der Waals surface area contributed by atoms with E-state index in [2.05, 4.69) is 30.3 Å². The number of methoxy groups -OCH3 is 2. The van der Waals surface area contributed by atoms with Crippen molar-refractivity contribution in [2.45, 2.75) is 11.8 Å². The van der Waals surface area contributed by atoms with Gasteiger partial charge in [-0.1, -0.05) is 0 Å². The van der Waals surface area contributed by atoms with Gasteiger partial charge in [0.2, 0.25) is 11.9 Å². The van der Waals surface area contributed by atoms with Crippen LogP contribution >= 0.6 is 0 Å². The van der Waals surface area contributed by atoms with Gasteiger partial charge in [-0.2, -0.15) is 15.0 Å². The maximum Gasteiger partial charge on any atom is 0.339 e. The van der Waals surface area contributed by atoms with Crippen LogP contribution in [-0.4, -0.2) is 63.2 Å². The molecule has 0 radical (unpaired) electrons. The molecular weight excluding hydrogens is 420 g/mol. The van der Waals surface area contributed by atoms with Crippen molar-refractivity contribution in [3.05, 3.63) is 23.8 Å². The van der Waals surface area contributed by atoms with Crippen molar-refractivity contribution < 1.29 is 32.2 Å². The molecule has 0 aliphatic heterocycles. The van der Waals surface area contributed by atoms with Crippen LogP contribution in [0.25, 0.3) is 0 Å². The fraction of sp³-hybridized carbons (Fsp3) is 0.312. The van der Waals surface area contributed by atoms with Gasteiger partial charge < -0.3 is 19.5 Å². The highest BCUT2D eigenvalue weighted by atomic mass is 32.2. The van der Waals surface area contributed by atoms with Crippen LogP contribution in [0.2, 0.25) is 0 Å². The highest BCUT2D eigenvalue weighted by Crippen LogP contribution is 2.23. The molecule has 2 rings (SSSR count). The fourth-order valence-corrected chi connectivity index (χ4v) is 3.27. The second-order valence-electron chi connectivity index (χ2n) is 5.36. The Hall–Kier alpha value is -3.68. The number of benzene rings is 1. The van der Waals surface area contributed by atoms with Crippen LogP contribution in [0.1, 0.15) is 17.3 Å². The Morgan fingerprint density at radius 3 is 2.40 bits per heavy atom. The first kappa shape index (κ1) is 22.6. The Kier molecular flexibility index (Phi) is 7.30. The van der Waals surface area contributed by atoms with E-state index in [0.29, 0.717) is 0 Å². The Morgan fingerprint density at radius 1 is 1.10 bits per heavy atom. The van der Waals surface area contributed by atoms with E-state index in [1.807, 2.05) is 0 Å². The molecule has 0 spiro atoms. The van der Waals surface area contributed by atoms with Gasteiger partial charge in [-0.3, -0.25) is 5.32 Å². The molecule has 0 bridgehead atoms. The molecule has 0 atom stereocenters. The quantitative estimate of drug-likeness (QED) is 0.491. The van der Waals surface area contributed by atoms with Crippen molar-refractivity contribution in [2.75, 3.05) is 38.5 Å². The lowest BCUT2D eigenvalue weighted by molar-refractivity contribution is 0.0596. The molecule has 30 heavy (non-hydrogen) atoms. The highest BCUT2D eigenvalue weighted by molar-refractivity contribution is 7.90. The highest BCUT2D eigenvalue weighted by Gasteiger charge is 2.26. The number of rotatable bonds is 8. The van der Waals surface area contributed by atoms with E-state index in [0.717, 1.165) is 13.2 Å². The molecule has 2 aromatic rings. The smallest absolute Gasteiger partial charge is 0.339 e. The SMILES string of the molecule is CCOc1nc(NC)nc(NC(=O)NS(=O)(=O)c2cc(OC)ccc2C(=O)OC)n1. The number of nitrogens with zero attached hydrogens (tertiary/aromatic N) is 3. The van der Waals surface area contributed by atoms with E-state index >= 15 is 0 Å². The monoisotopic (exact) mass is 440 g/mol. The Bertz CT molecular complexity index is 1040. The van der Waals surface area contributed by atoms with E-state index in [1.165, 1.54) is 26.3 Å². The van der Waals surface area contributed by atoms with E-state index in [-0.39, 0.29) is 35.8 Å². The summed E-state index contributed by atoms with van der Waals surface area (Å²) < 4.78 is 41.9. The Balaban J connectivity index is 2.31. The van der Waals surface area contributed by atoms with Crippen molar-refractivity contribution in [3.63, 3.8) is 0 Å². The lowest BCUT2D eigenvalue weighted by Crippen LogP contribution is -2.35. The van der Waals surface area contributed by atoms with Crippen LogP contribution in [0.4, 0.5) is 16.7 Å². The number of aromatic nitrogens is 3. The van der Waals surface area contributed by atoms with Crippen molar-refractivity contribution in [2.24, 2.45) is 0 Å². The van der Waals surface area contributed by atoms with Crippen LogP contribution in [0.3, 0.4) is 0 Å². The molecule has 1 aromatic heterocycles. The molecule has 1 heterocycles. The van der Waals surface area contributed by atoms with E-state index in [1.54, 1.807) is 11.6 Å². The van der Waals surface area contributed by atoms with E-state index in [4.69, 9.17) is 9.47 Å². The third-order valence-electron chi connectivity index (χ3n) is 3.45. The summed E-state index contributed by atoms with van der Waals surface area (Å²) >= 11 is 0. The number of ether oxygens (including phenoxy) is 3. The molecule has 0 saturated carbocycles. The van der Waals surface area contributed by atoms with Gasteiger partial charge >= 0.3 is 18.0 Å². The average Bonchev–Trinajstić information content (AvgIpc) is 2.72. The van der Waals surface area contributed by atoms with Crippen LogP contribution in [0.5, 0.6) is 11.8 Å². The summed E-state index contributed by atoms with van der Waals surface area (Å²) in [6, 6.07) is 2.42. The molecule has 0 aliphatic carbocycles. The summed E-state index contributed by atoms with van der Waals surface area (Å²) in [5.41, 5.74) is -0.283. The summed E-state index contributed by atoms with van der Waals surface area (Å²) in [6.45, 7) is 1.97. The Morgan fingerprint density at radius 2 is 1.80 bits per heavy atom. The molecule has 162 valence electrons. The minimum Gasteiger partial charge on any atom is -0.497 e. The number of amides is 2. The third kappa shape index (κ3) is 5.44. The second kappa shape index (κ2) is 9.69. The zero-order valence-electron chi connectivity index (χ0n) is 16.5. The lowest BCUT2D eigenvalue weighted by Gasteiger charge is -2.12. The number of esters is 1. The number of nitrogens with one attached hydrogen (secondary N) is 3. The molecule has 3 N–H and O–H groups in total. The van der Waals surface area contributed by atoms with Gasteiger partial charge in [-0.05, 0) is 19.1 Å². The molecule has 14 heteroatoms. The van der Waals surface area contributed by atoms with Gasteiger partial charge in [0.05, 0.1) is 26.4 Å². The number of carbonyl (C=O) groups is 2. The van der Waals surface area contributed by atoms with Gasteiger partial charge in [0, 0.05) is 13.1 Å². The number of hydrogen-bond acceptors (Lipinski definition) is 11. The summed E-state index contributed by atoms with van der Waals surface area (Å²) in [6.07, 6.45) is 0. The average molecular weight is 440 g/mol. The third-order valence-corrected chi connectivity index (χ3v) is 4.82. The second-order valence-corrected chi connectivity index (χ2v) is 7.01. The molecular formula is C16H20N6O7S. The minimum atomic E-state index is -4.49. The van der Waals surface area contributed by atoms with Crippen molar-refractivity contribution in [1.29, 1.82) is 0 Å². The molecule has 13 nitrogen and oxygen atoms in total. The van der Waals surface area contributed by atoms with Crippen LogP contribution in [0, 0.1) is 0 Å². The summed E-state index contributed by atoms with van der Waals surface area (Å²) in [5.74, 6) is -0.923. The molecule has 0 saturated heterocycles. The van der Waals surface area contributed by atoms with Crippen LogP contribution in [-0.2, 0) is 14.8 Å². The minimum absolute atomic E-state index is 0.0734. The van der Waals surface area contributed by atoms with Crippen molar-refractivity contribution in [1.82, 2.24) is 19.7 Å². The van der Waals surface area contributed by atoms with Gasteiger partial charge in [-0.25, -0.2) is 22.7 Å². The van der Waals surface area contributed by atoms with E-state index < -0.39 is 26.9 Å². The lowest BCUT2D eigenvalue weighted by atomic mass is 10.2. The number of anilines is 2. The van der Waals surface area contributed by atoms with Crippen LogP contribution in [0.15, 0.2) is 23.1 Å². The number of hydrogen-bond donors (Lipinski definition) is 3. The molecule has 1 aromatic carbocycles.